The van der Waals surface area contributed by atoms with E-state index < -0.39 is 0 Å². The van der Waals surface area contributed by atoms with Crippen LogP contribution in [0, 0.1) is 0 Å². The third-order valence-electron chi connectivity index (χ3n) is 2.86. The molecule has 0 radical (unpaired) electrons. The van der Waals surface area contributed by atoms with Gasteiger partial charge in [0.1, 0.15) is 11.5 Å². The molecule has 0 saturated carbocycles. The number of ether oxygens (including phenoxy) is 2. The largest absolute Gasteiger partial charge is 0.497 e. The minimum Gasteiger partial charge on any atom is -0.497 e. The van der Waals surface area contributed by atoms with Crippen molar-refractivity contribution >= 4 is 34.0 Å². The van der Waals surface area contributed by atoms with Crippen molar-refractivity contribution in [3.8, 4) is 11.5 Å². The Kier molecular flexibility index (Phi) is 5.53. The summed E-state index contributed by atoms with van der Waals surface area (Å²) >= 11 is 1.27. The van der Waals surface area contributed by atoms with Gasteiger partial charge in [-0.3, -0.25) is 9.59 Å². The summed E-state index contributed by atoms with van der Waals surface area (Å²) in [6.07, 6.45) is 0.0937. The quantitative estimate of drug-likeness (QED) is 0.845. The predicted octanol–water partition coefficient (Wildman–Crippen LogP) is 2.30. The van der Waals surface area contributed by atoms with Crippen LogP contribution in [-0.4, -0.2) is 31.0 Å². The first-order chi connectivity index (χ1) is 11.0. The van der Waals surface area contributed by atoms with E-state index in [1.54, 1.807) is 30.7 Å². The van der Waals surface area contributed by atoms with Crippen molar-refractivity contribution < 1.29 is 19.1 Å². The summed E-state index contributed by atoms with van der Waals surface area (Å²) < 4.78 is 10.3. The molecule has 0 atom stereocenters. The van der Waals surface area contributed by atoms with E-state index >= 15 is 0 Å². The number of aromatic nitrogens is 1. The maximum atomic E-state index is 12.2. The molecule has 0 unspecified atom stereocenters. The van der Waals surface area contributed by atoms with Gasteiger partial charge in [-0.1, -0.05) is 0 Å². The van der Waals surface area contributed by atoms with Crippen LogP contribution in [0.5, 0.6) is 11.5 Å². The normalized spacial score (nSPS) is 10.0. The van der Waals surface area contributed by atoms with E-state index in [0.29, 0.717) is 28.0 Å². The molecule has 2 N–H and O–H groups in total. The lowest BCUT2D eigenvalue weighted by Crippen LogP contribution is -2.15. The van der Waals surface area contributed by atoms with Crippen molar-refractivity contribution in [1.82, 2.24) is 4.98 Å². The molecule has 7 nitrogen and oxygen atoms in total. The summed E-state index contributed by atoms with van der Waals surface area (Å²) in [5.74, 6) is 0.715. The van der Waals surface area contributed by atoms with Gasteiger partial charge in [0.2, 0.25) is 11.8 Å². The topological polar surface area (TPSA) is 89.5 Å². The Balaban J connectivity index is 2.04. The summed E-state index contributed by atoms with van der Waals surface area (Å²) in [6.45, 7) is 1.41. The van der Waals surface area contributed by atoms with Crippen LogP contribution in [0.1, 0.15) is 12.6 Å². The number of methoxy groups -OCH3 is 2. The molecule has 0 aliphatic carbocycles. The van der Waals surface area contributed by atoms with Crippen LogP contribution in [-0.2, 0) is 16.0 Å². The second kappa shape index (κ2) is 7.59. The zero-order valence-electron chi connectivity index (χ0n) is 13.0. The van der Waals surface area contributed by atoms with E-state index in [0.717, 1.165) is 0 Å². The monoisotopic (exact) mass is 335 g/mol. The number of nitrogens with zero attached hydrogens (tertiary/aromatic N) is 1. The molecule has 23 heavy (non-hydrogen) atoms. The first-order valence-corrected chi connectivity index (χ1v) is 7.63. The van der Waals surface area contributed by atoms with E-state index in [-0.39, 0.29) is 18.2 Å². The number of thiazole rings is 1. The second-order valence-corrected chi connectivity index (χ2v) is 5.47. The molecule has 0 aliphatic rings. The van der Waals surface area contributed by atoms with Gasteiger partial charge in [-0.15, -0.1) is 11.3 Å². The van der Waals surface area contributed by atoms with E-state index in [2.05, 4.69) is 15.6 Å². The maximum Gasteiger partial charge on any atom is 0.230 e. The number of benzene rings is 1. The number of carbonyl (C=O) groups is 2. The molecule has 1 heterocycles. The second-order valence-electron chi connectivity index (χ2n) is 4.62. The van der Waals surface area contributed by atoms with Gasteiger partial charge < -0.3 is 20.1 Å². The SMILES string of the molecule is COc1ccc(OC)c(NC(=O)Cc2csc(NC(C)=O)n2)c1. The van der Waals surface area contributed by atoms with Crippen molar-refractivity contribution in [2.75, 3.05) is 24.9 Å². The van der Waals surface area contributed by atoms with Crippen LogP contribution in [0.15, 0.2) is 23.6 Å². The highest BCUT2D eigenvalue weighted by Gasteiger charge is 2.12. The minimum atomic E-state index is -0.240. The van der Waals surface area contributed by atoms with Gasteiger partial charge in [0.15, 0.2) is 5.13 Å². The average Bonchev–Trinajstić information content (AvgIpc) is 2.93. The third kappa shape index (κ3) is 4.68. The van der Waals surface area contributed by atoms with E-state index in [1.807, 2.05) is 0 Å². The zero-order chi connectivity index (χ0) is 16.8. The Hall–Kier alpha value is -2.61. The Morgan fingerprint density at radius 2 is 2.00 bits per heavy atom. The molecule has 1 aromatic carbocycles. The Labute approximate surface area is 137 Å². The van der Waals surface area contributed by atoms with Gasteiger partial charge in [0, 0.05) is 18.4 Å². The molecule has 0 saturated heterocycles. The molecule has 1 aromatic heterocycles. The number of nitrogens with one attached hydrogen (secondary N) is 2. The average molecular weight is 335 g/mol. The first-order valence-electron chi connectivity index (χ1n) is 6.75. The molecular formula is C15H17N3O4S. The van der Waals surface area contributed by atoms with Gasteiger partial charge >= 0.3 is 0 Å². The number of amides is 2. The molecule has 8 heteroatoms. The van der Waals surface area contributed by atoms with Gasteiger partial charge in [0.25, 0.3) is 0 Å². The highest BCUT2D eigenvalue weighted by Crippen LogP contribution is 2.29. The van der Waals surface area contributed by atoms with Gasteiger partial charge in [-0.25, -0.2) is 4.98 Å². The molecule has 2 aromatic rings. The summed E-state index contributed by atoms with van der Waals surface area (Å²) in [5.41, 5.74) is 1.10. The van der Waals surface area contributed by atoms with Crippen LogP contribution < -0.4 is 20.1 Å². The van der Waals surface area contributed by atoms with Crippen molar-refractivity contribution in [3.63, 3.8) is 0 Å². The molecule has 0 aliphatic heterocycles. The van der Waals surface area contributed by atoms with Gasteiger partial charge in [-0.2, -0.15) is 0 Å². The van der Waals surface area contributed by atoms with Crippen molar-refractivity contribution in [2.24, 2.45) is 0 Å². The lowest BCUT2D eigenvalue weighted by Gasteiger charge is -2.11. The van der Waals surface area contributed by atoms with Crippen LogP contribution in [0.4, 0.5) is 10.8 Å². The van der Waals surface area contributed by atoms with Crippen LogP contribution >= 0.6 is 11.3 Å². The molecule has 0 spiro atoms. The van der Waals surface area contributed by atoms with Crippen molar-refractivity contribution in [1.29, 1.82) is 0 Å². The molecule has 122 valence electrons. The van der Waals surface area contributed by atoms with Crippen LogP contribution in [0.3, 0.4) is 0 Å². The summed E-state index contributed by atoms with van der Waals surface area (Å²) in [5, 5.41) is 7.55. The summed E-state index contributed by atoms with van der Waals surface area (Å²) in [7, 11) is 3.07. The molecule has 0 bridgehead atoms. The number of hydrogen-bond acceptors (Lipinski definition) is 6. The lowest BCUT2D eigenvalue weighted by molar-refractivity contribution is -0.116. The fourth-order valence-corrected chi connectivity index (χ4v) is 2.62. The number of hydrogen-bond donors (Lipinski definition) is 2. The number of rotatable bonds is 6. The standard InChI is InChI=1S/C15H17N3O4S/c1-9(19)16-15-17-10(8-23-15)6-14(20)18-12-7-11(21-2)4-5-13(12)22-3/h4-5,7-8H,6H2,1-3H3,(H,18,20)(H,16,17,19). The highest BCUT2D eigenvalue weighted by molar-refractivity contribution is 7.13. The van der Waals surface area contributed by atoms with Crippen molar-refractivity contribution in [3.05, 3.63) is 29.3 Å². The maximum absolute atomic E-state index is 12.2. The van der Waals surface area contributed by atoms with Gasteiger partial charge in [-0.05, 0) is 12.1 Å². The minimum absolute atomic E-state index is 0.0937. The highest BCUT2D eigenvalue weighted by atomic mass is 32.1. The van der Waals surface area contributed by atoms with E-state index in [1.165, 1.54) is 25.4 Å². The molecule has 0 fully saturated rings. The van der Waals surface area contributed by atoms with Crippen molar-refractivity contribution in [2.45, 2.75) is 13.3 Å². The molecular weight excluding hydrogens is 318 g/mol. The Morgan fingerprint density at radius 1 is 1.22 bits per heavy atom. The smallest absolute Gasteiger partial charge is 0.230 e. The molecule has 2 rings (SSSR count). The first kappa shape index (κ1) is 16.8. The van der Waals surface area contributed by atoms with E-state index in [9.17, 15) is 9.59 Å². The zero-order valence-corrected chi connectivity index (χ0v) is 13.8. The third-order valence-corrected chi connectivity index (χ3v) is 3.66. The summed E-state index contributed by atoms with van der Waals surface area (Å²) in [4.78, 5) is 27.3. The van der Waals surface area contributed by atoms with Gasteiger partial charge in [0.05, 0.1) is 32.0 Å². The van der Waals surface area contributed by atoms with Crippen LogP contribution in [0.2, 0.25) is 0 Å². The Morgan fingerprint density at radius 3 is 2.65 bits per heavy atom. The fourth-order valence-electron chi connectivity index (χ4n) is 1.87. The summed E-state index contributed by atoms with van der Waals surface area (Å²) in [6, 6.07) is 5.14. The number of carbonyl (C=O) groups excluding carboxylic acids is 2. The van der Waals surface area contributed by atoms with E-state index in [4.69, 9.17) is 9.47 Å². The predicted molar refractivity (Wildman–Crippen MR) is 88.3 cm³/mol. The fraction of sp³-hybridized carbons (Fsp3) is 0.267. The molecule has 2 amide bonds. The number of anilines is 2. The van der Waals surface area contributed by atoms with Crippen LogP contribution in [0.25, 0.3) is 0 Å². The Bertz CT molecular complexity index is 714. The lowest BCUT2D eigenvalue weighted by atomic mass is 10.2.